The maximum atomic E-state index is 13.2. The maximum absolute atomic E-state index is 13.2. The van der Waals surface area contributed by atoms with Crippen molar-refractivity contribution in [2.75, 3.05) is 50.0 Å². The van der Waals surface area contributed by atoms with E-state index in [2.05, 4.69) is 138 Å². The molecule has 15 nitrogen and oxygen atoms in total. The molecule has 1 fully saturated rings. The number of para-hydroxylation sites is 6. The van der Waals surface area contributed by atoms with Crippen molar-refractivity contribution in [1.29, 1.82) is 10.8 Å². The molecule has 3 aromatic heterocycles. The summed E-state index contributed by atoms with van der Waals surface area (Å²) in [6.07, 6.45) is -1.67. The van der Waals surface area contributed by atoms with Crippen LogP contribution in [0.2, 0.25) is 0 Å². The van der Waals surface area contributed by atoms with Crippen molar-refractivity contribution in [3.05, 3.63) is 303 Å². The SMILES string of the molecule is N=c1n(Cc2cccc(Br)c2)c2ccccc2n1CC(O)COc1ccc(F)cc1.N=c1n(Cc2cccc(N3CCN(Cc4ccccc4-c4ccccc4)CC3)c2)c2ccccc2n1CC(O)COc1ccc(F)cc1.Nc1nc2ccccc2n1Cc1cccc(Br)c1. The summed E-state index contributed by atoms with van der Waals surface area (Å²) in [4.78, 5) is 9.36. The van der Waals surface area contributed by atoms with E-state index in [9.17, 15) is 19.0 Å². The van der Waals surface area contributed by atoms with Crippen molar-refractivity contribution in [3.8, 4) is 22.6 Å². The third-order valence-corrected chi connectivity index (χ3v) is 17.9. The van der Waals surface area contributed by atoms with Crippen LogP contribution in [-0.2, 0) is 39.3 Å². The molecule has 0 aliphatic carbocycles. The van der Waals surface area contributed by atoms with Gasteiger partial charge in [-0.15, -0.1) is 0 Å². The lowest BCUT2D eigenvalue weighted by molar-refractivity contribution is 0.0920. The summed E-state index contributed by atoms with van der Waals surface area (Å²) in [6, 6.07) is 79.3. The molecule has 6 N–H and O–H groups in total. The predicted molar refractivity (Wildman–Crippen MR) is 383 cm³/mol. The van der Waals surface area contributed by atoms with Crippen molar-refractivity contribution in [2.24, 2.45) is 0 Å². The smallest absolute Gasteiger partial charge is 0.203 e. The van der Waals surface area contributed by atoms with Gasteiger partial charge in [0.15, 0.2) is 0 Å². The Morgan fingerprint density at radius 3 is 1.41 bits per heavy atom. The van der Waals surface area contributed by atoms with Crippen molar-refractivity contribution in [3.63, 3.8) is 0 Å². The average molecular weight is 1410 g/mol. The number of nitrogens with zero attached hydrogens (tertiary/aromatic N) is 8. The number of aliphatic hydroxyl groups is 2. The Labute approximate surface area is 572 Å². The molecule has 14 rings (SSSR count). The second kappa shape index (κ2) is 31.1. The minimum atomic E-state index is -0.850. The molecule has 4 heterocycles. The fraction of sp³-hybridized carbons (Fsp3) is 0.182. The molecule has 1 saturated heterocycles. The molecule has 19 heteroatoms. The quantitative estimate of drug-likeness (QED) is 0.0501. The van der Waals surface area contributed by atoms with Gasteiger partial charge in [-0.25, -0.2) is 13.8 Å². The highest BCUT2D eigenvalue weighted by molar-refractivity contribution is 9.10. The van der Waals surface area contributed by atoms with Crippen LogP contribution in [-0.4, -0.2) is 94.5 Å². The molecule has 0 spiro atoms. The minimum Gasteiger partial charge on any atom is -0.491 e. The second-order valence-electron chi connectivity index (χ2n) is 23.6. The van der Waals surface area contributed by atoms with Gasteiger partial charge in [0.05, 0.1) is 65.8 Å². The number of imidazole rings is 3. The van der Waals surface area contributed by atoms with Gasteiger partial charge < -0.3 is 53.2 Å². The highest BCUT2D eigenvalue weighted by Crippen LogP contribution is 2.28. The third-order valence-electron chi connectivity index (χ3n) is 16.9. The number of anilines is 2. The number of benzene rings is 10. The number of nitrogens with two attached hydrogens (primary N) is 1. The molecule has 13 aromatic rings. The predicted octanol–water partition coefficient (Wildman–Crippen LogP) is 14.3. The van der Waals surface area contributed by atoms with Gasteiger partial charge in [-0.1, -0.05) is 159 Å². The topological polar surface area (TPSA) is 177 Å². The van der Waals surface area contributed by atoms with Crippen LogP contribution in [0.4, 0.5) is 20.4 Å². The van der Waals surface area contributed by atoms with Gasteiger partial charge in [0.2, 0.25) is 17.2 Å². The number of ether oxygens (including phenoxy) is 2. The summed E-state index contributed by atoms with van der Waals surface area (Å²) < 4.78 is 49.1. The van der Waals surface area contributed by atoms with Gasteiger partial charge in [-0.2, -0.15) is 0 Å². The summed E-state index contributed by atoms with van der Waals surface area (Å²) in [5.74, 6) is 0.855. The first kappa shape index (κ1) is 66.1. The van der Waals surface area contributed by atoms with Gasteiger partial charge >= 0.3 is 0 Å². The van der Waals surface area contributed by atoms with Gasteiger partial charge in [-0.3, -0.25) is 15.7 Å². The van der Waals surface area contributed by atoms with Crippen LogP contribution in [0.15, 0.2) is 258 Å². The number of fused-ring (bicyclic) bond motifs is 3. The highest BCUT2D eigenvalue weighted by Gasteiger charge is 2.21. The van der Waals surface area contributed by atoms with E-state index in [1.54, 1.807) is 4.57 Å². The van der Waals surface area contributed by atoms with Crippen LogP contribution < -0.4 is 31.3 Å². The van der Waals surface area contributed by atoms with Crippen LogP contribution in [0.25, 0.3) is 44.2 Å². The third kappa shape index (κ3) is 16.4. The van der Waals surface area contributed by atoms with Crippen molar-refractivity contribution in [1.82, 2.24) is 32.7 Å². The fourth-order valence-electron chi connectivity index (χ4n) is 12.1. The van der Waals surface area contributed by atoms with Crippen LogP contribution in [0.3, 0.4) is 0 Å². The zero-order valence-corrected chi connectivity index (χ0v) is 55.9. The standard InChI is InChI=1S/C40H40FN5O2.C23H21BrFN3O2.C14H12BrN3/c41-33-17-19-36(20-18-33)48-29-35(47)28-46-39-16-7-6-15-38(39)45(40(46)42)26-30-9-8-13-34(25-30)44-23-21-43(22-24-44)27-32-12-4-5-14-37(32)31-10-2-1-3-11-31;24-17-5-3-4-16(12-17)13-27-21-6-1-2-7-22(21)28(23(27)26)14-19(29)15-30-20-10-8-18(25)9-11-20;15-11-5-3-4-10(8-11)9-18-13-7-2-1-6-12(13)17-14(18)16/h1-20,25,35,42,47H,21-24,26-29H2;1-12,19,26,29H,13-15H2;1-8H,9H2,(H2,16,17). The first-order chi connectivity index (χ1) is 46.8. The molecule has 10 aromatic carbocycles. The summed E-state index contributed by atoms with van der Waals surface area (Å²) in [5, 5.41) is 39.1. The van der Waals surface area contributed by atoms with E-state index in [4.69, 9.17) is 26.0 Å². The Kier molecular flexibility index (Phi) is 21.4. The fourth-order valence-corrected chi connectivity index (χ4v) is 13.0. The number of nitrogen functional groups attached to an aromatic ring is 1. The average Bonchev–Trinajstić information content (AvgIpc) is 1.63. The largest absolute Gasteiger partial charge is 0.491 e. The van der Waals surface area contributed by atoms with E-state index >= 15 is 0 Å². The van der Waals surface area contributed by atoms with Crippen LogP contribution in [0, 0.1) is 22.5 Å². The zero-order chi connectivity index (χ0) is 66.5. The van der Waals surface area contributed by atoms with Crippen molar-refractivity contribution < 1.29 is 28.5 Å². The van der Waals surface area contributed by atoms with E-state index in [0.29, 0.717) is 41.8 Å². The summed E-state index contributed by atoms with van der Waals surface area (Å²) in [6.45, 7) is 7.11. The van der Waals surface area contributed by atoms with Crippen LogP contribution in [0.5, 0.6) is 11.5 Å². The number of aliphatic hydroxyl groups excluding tert-OH is 2. The lowest BCUT2D eigenvalue weighted by atomic mass is 9.99. The minimum absolute atomic E-state index is 0.0342. The molecule has 488 valence electrons. The Balaban J connectivity index is 0.000000155. The molecule has 2 atom stereocenters. The first-order valence-corrected chi connectivity index (χ1v) is 33.3. The van der Waals surface area contributed by atoms with Gasteiger partial charge in [0.25, 0.3) is 0 Å². The molecule has 0 radical (unpaired) electrons. The summed E-state index contributed by atoms with van der Waals surface area (Å²) in [7, 11) is 0. The number of piperazine rings is 1. The Hall–Kier alpha value is -9.89. The van der Waals surface area contributed by atoms with Crippen molar-refractivity contribution in [2.45, 2.75) is 51.5 Å². The lowest BCUT2D eigenvalue weighted by Crippen LogP contribution is -2.46. The second-order valence-corrected chi connectivity index (χ2v) is 25.4. The Morgan fingerprint density at radius 2 is 0.885 bits per heavy atom. The zero-order valence-electron chi connectivity index (χ0n) is 52.7. The molecule has 0 amide bonds. The van der Waals surface area contributed by atoms with E-state index < -0.39 is 12.2 Å². The number of hydrogen-bond donors (Lipinski definition) is 5. The van der Waals surface area contributed by atoms with Crippen LogP contribution in [0.1, 0.15) is 22.3 Å². The molecule has 1 aliphatic rings. The van der Waals surface area contributed by atoms with E-state index in [1.807, 2.05) is 127 Å². The van der Waals surface area contributed by atoms with E-state index in [0.717, 1.165) is 92.4 Å². The maximum Gasteiger partial charge on any atom is 0.203 e. The molecule has 2 unspecified atom stereocenters. The van der Waals surface area contributed by atoms with E-state index in [-0.39, 0.29) is 37.9 Å². The highest BCUT2D eigenvalue weighted by atomic mass is 79.9. The number of halogens is 4. The first-order valence-electron chi connectivity index (χ1n) is 31.7. The van der Waals surface area contributed by atoms with Crippen LogP contribution >= 0.6 is 31.9 Å². The number of hydrogen-bond acceptors (Lipinski definition) is 10. The normalized spacial score (nSPS) is 13.0. The van der Waals surface area contributed by atoms with Gasteiger partial charge in [0, 0.05) is 47.4 Å². The molecular weight excluding hydrogens is 1340 g/mol. The van der Waals surface area contributed by atoms with E-state index in [1.165, 1.54) is 76.5 Å². The molecule has 1 aliphatic heterocycles. The Bertz CT molecular complexity index is 4870. The summed E-state index contributed by atoms with van der Waals surface area (Å²) >= 11 is 6.97. The molecule has 96 heavy (non-hydrogen) atoms. The molecule has 0 bridgehead atoms. The monoisotopic (exact) mass is 1410 g/mol. The molecule has 0 saturated carbocycles. The molecular formula is C77H73Br2F2N11O4. The Morgan fingerprint density at radius 1 is 0.448 bits per heavy atom. The number of aromatic nitrogens is 6. The lowest BCUT2D eigenvalue weighted by Gasteiger charge is -2.36. The van der Waals surface area contributed by atoms with Crippen molar-refractivity contribution >= 4 is 76.6 Å². The number of rotatable bonds is 20. The van der Waals surface area contributed by atoms with Gasteiger partial charge in [0.1, 0.15) is 48.6 Å². The summed E-state index contributed by atoms with van der Waals surface area (Å²) in [5.41, 5.74) is 20.7. The number of nitrogens with one attached hydrogen (secondary N) is 2. The van der Waals surface area contributed by atoms with Gasteiger partial charge in [-0.05, 0) is 155 Å².